The number of hydrogen-bond acceptors (Lipinski definition) is 3. The van der Waals surface area contributed by atoms with Crippen LogP contribution in [0.5, 0.6) is 0 Å². The van der Waals surface area contributed by atoms with E-state index in [1.54, 1.807) is 0 Å². The monoisotopic (exact) mass is 302 g/mol. The zero-order chi connectivity index (χ0) is 14.0. The van der Waals surface area contributed by atoms with E-state index in [0.717, 1.165) is 13.0 Å². The van der Waals surface area contributed by atoms with Gasteiger partial charge < -0.3 is 15.8 Å². The smallest absolute Gasteiger partial charge is 0.251 e. The Kier molecular flexibility index (Phi) is 4.55. The molecule has 1 saturated heterocycles. The van der Waals surface area contributed by atoms with E-state index in [-0.39, 0.29) is 27.7 Å². The van der Waals surface area contributed by atoms with Gasteiger partial charge in [-0.05, 0) is 25.5 Å². The second-order valence-electron chi connectivity index (χ2n) is 4.69. The van der Waals surface area contributed by atoms with E-state index >= 15 is 0 Å². The third kappa shape index (κ3) is 3.32. The Hall–Kier alpha value is -0.970. The minimum atomic E-state index is -0.206. The molecular formula is C13H16Cl2N2O2. The number of nitrogen functional groups attached to an aromatic ring is 1. The van der Waals surface area contributed by atoms with Crippen LogP contribution in [0.1, 0.15) is 23.7 Å². The van der Waals surface area contributed by atoms with Crippen LogP contribution < -0.4 is 11.1 Å². The molecule has 1 aliphatic heterocycles. The Bertz CT molecular complexity index is 471. The fourth-order valence-electron chi connectivity index (χ4n) is 2.09. The molecule has 3 N–H and O–H groups in total. The van der Waals surface area contributed by atoms with Crippen molar-refractivity contribution < 1.29 is 9.53 Å². The van der Waals surface area contributed by atoms with Crippen LogP contribution in [0.4, 0.5) is 5.69 Å². The van der Waals surface area contributed by atoms with Crippen LogP contribution in [0.15, 0.2) is 12.1 Å². The maximum Gasteiger partial charge on any atom is 0.251 e. The summed E-state index contributed by atoms with van der Waals surface area (Å²) < 4.78 is 5.45. The van der Waals surface area contributed by atoms with E-state index in [1.807, 2.05) is 6.92 Å². The predicted octanol–water partition coefficient (Wildman–Crippen LogP) is 2.73. The topological polar surface area (TPSA) is 64.3 Å². The van der Waals surface area contributed by atoms with Crippen LogP contribution in [0.25, 0.3) is 0 Å². The Morgan fingerprint density at radius 1 is 1.47 bits per heavy atom. The summed E-state index contributed by atoms with van der Waals surface area (Å²) in [5, 5.41) is 3.44. The molecule has 0 spiro atoms. The second-order valence-corrected chi connectivity index (χ2v) is 5.50. The van der Waals surface area contributed by atoms with Gasteiger partial charge in [-0.1, -0.05) is 23.2 Å². The fraction of sp³-hybridized carbons (Fsp3) is 0.462. The van der Waals surface area contributed by atoms with E-state index in [4.69, 9.17) is 33.7 Å². The molecular weight excluding hydrogens is 287 g/mol. The lowest BCUT2D eigenvalue weighted by Crippen LogP contribution is -2.32. The summed E-state index contributed by atoms with van der Waals surface area (Å²) in [5.74, 6) is 0.145. The van der Waals surface area contributed by atoms with Crippen molar-refractivity contribution in [2.24, 2.45) is 5.92 Å². The molecule has 104 valence electrons. The molecule has 2 unspecified atom stereocenters. The number of carbonyl (C=O) groups excluding carboxylic acids is 1. The van der Waals surface area contributed by atoms with Gasteiger partial charge in [0.1, 0.15) is 0 Å². The Morgan fingerprint density at radius 3 is 2.63 bits per heavy atom. The lowest BCUT2D eigenvalue weighted by atomic mass is 10.0. The van der Waals surface area contributed by atoms with Gasteiger partial charge in [-0.25, -0.2) is 0 Å². The number of amides is 1. The van der Waals surface area contributed by atoms with Gasteiger partial charge in [0.25, 0.3) is 5.91 Å². The third-order valence-corrected chi connectivity index (χ3v) is 4.02. The zero-order valence-corrected chi connectivity index (χ0v) is 12.1. The highest BCUT2D eigenvalue weighted by Gasteiger charge is 2.24. The SMILES string of the molecule is CC1OCCC1CNC(=O)c1cc(Cl)c(N)c(Cl)c1. The van der Waals surface area contributed by atoms with Crippen LogP contribution in [0.3, 0.4) is 0 Å². The molecule has 4 nitrogen and oxygen atoms in total. The number of rotatable bonds is 3. The van der Waals surface area contributed by atoms with E-state index in [0.29, 0.717) is 18.0 Å². The molecule has 19 heavy (non-hydrogen) atoms. The van der Waals surface area contributed by atoms with Crippen LogP contribution in [0.2, 0.25) is 10.0 Å². The van der Waals surface area contributed by atoms with Gasteiger partial charge in [-0.3, -0.25) is 4.79 Å². The highest BCUT2D eigenvalue weighted by Crippen LogP contribution is 2.28. The average Bonchev–Trinajstić information content (AvgIpc) is 2.78. The van der Waals surface area contributed by atoms with Crippen molar-refractivity contribution in [2.45, 2.75) is 19.4 Å². The van der Waals surface area contributed by atoms with Crippen molar-refractivity contribution >= 4 is 34.8 Å². The first-order valence-corrected chi connectivity index (χ1v) is 6.89. The number of nitrogens with two attached hydrogens (primary N) is 1. The minimum Gasteiger partial charge on any atom is -0.396 e. The molecule has 1 fully saturated rings. The number of ether oxygens (including phenoxy) is 1. The first-order chi connectivity index (χ1) is 8.99. The van der Waals surface area contributed by atoms with Gasteiger partial charge in [0.15, 0.2) is 0 Å². The molecule has 1 aromatic carbocycles. The molecule has 1 heterocycles. The first kappa shape index (κ1) is 14.4. The number of benzene rings is 1. The standard InChI is InChI=1S/C13H16Cl2N2O2/c1-7-8(2-3-19-7)6-17-13(18)9-4-10(14)12(16)11(15)5-9/h4-5,7-8H,2-3,6,16H2,1H3,(H,17,18). The molecule has 0 radical (unpaired) electrons. The first-order valence-electron chi connectivity index (χ1n) is 6.13. The molecule has 2 atom stereocenters. The summed E-state index contributed by atoms with van der Waals surface area (Å²) in [6.07, 6.45) is 1.14. The second kappa shape index (κ2) is 5.99. The lowest BCUT2D eigenvalue weighted by Gasteiger charge is -2.15. The fourth-order valence-corrected chi connectivity index (χ4v) is 2.57. The molecule has 0 aliphatic carbocycles. The molecule has 2 rings (SSSR count). The van der Waals surface area contributed by atoms with Crippen molar-refractivity contribution in [3.8, 4) is 0 Å². The van der Waals surface area contributed by atoms with Crippen molar-refractivity contribution in [1.29, 1.82) is 0 Å². The van der Waals surface area contributed by atoms with E-state index in [2.05, 4.69) is 5.32 Å². The van der Waals surface area contributed by atoms with Gasteiger partial charge in [0, 0.05) is 24.6 Å². The molecule has 0 aromatic heterocycles. The third-order valence-electron chi connectivity index (χ3n) is 3.40. The van der Waals surface area contributed by atoms with Crippen LogP contribution >= 0.6 is 23.2 Å². The van der Waals surface area contributed by atoms with Gasteiger partial charge in [-0.2, -0.15) is 0 Å². The van der Waals surface area contributed by atoms with Crippen LogP contribution in [0, 0.1) is 5.92 Å². The Labute approximate surface area is 122 Å². The van der Waals surface area contributed by atoms with Crippen molar-refractivity contribution in [3.63, 3.8) is 0 Å². The van der Waals surface area contributed by atoms with Gasteiger partial charge in [-0.15, -0.1) is 0 Å². The molecule has 1 aromatic rings. The van der Waals surface area contributed by atoms with Gasteiger partial charge >= 0.3 is 0 Å². The minimum absolute atomic E-state index is 0.180. The summed E-state index contributed by atoms with van der Waals surface area (Å²) in [4.78, 5) is 12.0. The van der Waals surface area contributed by atoms with Crippen LogP contribution in [-0.4, -0.2) is 25.2 Å². The van der Waals surface area contributed by atoms with E-state index in [9.17, 15) is 4.79 Å². The molecule has 1 aliphatic rings. The zero-order valence-electron chi connectivity index (χ0n) is 10.6. The number of carbonyl (C=O) groups is 1. The Balaban J connectivity index is 2.00. The maximum absolute atomic E-state index is 12.0. The quantitative estimate of drug-likeness (QED) is 0.844. The summed E-state index contributed by atoms with van der Waals surface area (Å²) >= 11 is 11.8. The molecule has 0 bridgehead atoms. The van der Waals surface area contributed by atoms with Gasteiger partial charge in [0.05, 0.1) is 21.8 Å². The maximum atomic E-state index is 12.0. The number of nitrogens with one attached hydrogen (secondary N) is 1. The van der Waals surface area contributed by atoms with Crippen molar-refractivity contribution in [1.82, 2.24) is 5.32 Å². The Morgan fingerprint density at radius 2 is 2.11 bits per heavy atom. The van der Waals surface area contributed by atoms with Crippen molar-refractivity contribution in [2.75, 3.05) is 18.9 Å². The summed E-state index contributed by atoms with van der Waals surface area (Å²) in [5.41, 5.74) is 6.33. The molecule has 0 saturated carbocycles. The van der Waals surface area contributed by atoms with E-state index in [1.165, 1.54) is 12.1 Å². The number of anilines is 1. The number of halogens is 2. The highest BCUT2D eigenvalue weighted by atomic mass is 35.5. The molecule has 6 heteroatoms. The molecule has 1 amide bonds. The van der Waals surface area contributed by atoms with Gasteiger partial charge in [0.2, 0.25) is 0 Å². The predicted molar refractivity (Wildman–Crippen MR) is 76.7 cm³/mol. The number of hydrogen-bond donors (Lipinski definition) is 2. The van der Waals surface area contributed by atoms with E-state index < -0.39 is 0 Å². The summed E-state index contributed by atoms with van der Waals surface area (Å²) in [7, 11) is 0. The normalized spacial score (nSPS) is 22.5. The van der Waals surface area contributed by atoms with Crippen LogP contribution in [-0.2, 0) is 4.74 Å². The average molecular weight is 303 g/mol. The lowest BCUT2D eigenvalue weighted by molar-refractivity contribution is 0.0907. The van der Waals surface area contributed by atoms with Crippen molar-refractivity contribution in [3.05, 3.63) is 27.7 Å². The summed E-state index contributed by atoms with van der Waals surface area (Å²) in [6, 6.07) is 3.04. The highest BCUT2D eigenvalue weighted by molar-refractivity contribution is 6.39. The largest absolute Gasteiger partial charge is 0.396 e. The summed E-state index contributed by atoms with van der Waals surface area (Å²) in [6.45, 7) is 3.35.